The number of benzene rings is 1. The number of halogens is 1. The Morgan fingerprint density at radius 3 is 2.83 bits per heavy atom. The molecule has 0 unspecified atom stereocenters. The summed E-state index contributed by atoms with van der Waals surface area (Å²) in [7, 11) is 0. The van der Waals surface area contributed by atoms with Gasteiger partial charge in [0.1, 0.15) is 0 Å². The van der Waals surface area contributed by atoms with Crippen LogP contribution in [0.25, 0.3) is 0 Å². The minimum absolute atomic E-state index is 0.0880. The van der Waals surface area contributed by atoms with Gasteiger partial charge in [-0.15, -0.1) is 0 Å². The summed E-state index contributed by atoms with van der Waals surface area (Å²) in [5, 5.41) is 11.8. The molecule has 2 rings (SSSR count). The third-order valence-corrected chi connectivity index (χ3v) is 2.70. The lowest BCUT2D eigenvalue weighted by molar-refractivity contribution is -0.387. The zero-order chi connectivity index (χ0) is 13.3. The van der Waals surface area contributed by atoms with Crippen molar-refractivity contribution in [2.75, 3.05) is 13.2 Å². The first kappa shape index (κ1) is 12.4. The summed E-state index contributed by atoms with van der Waals surface area (Å²) < 4.78 is 13.3. The van der Waals surface area contributed by atoms with E-state index in [9.17, 15) is 19.3 Å². The molecule has 1 aromatic carbocycles. The molecule has 1 saturated heterocycles. The Balaban J connectivity index is 2.40. The van der Waals surface area contributed by atoms with E-state index in [0.29, 0.717) is 25.1 Å². The van der Waals surface area contributed by atoms with Crippen LogP contribution in [-0.2, 0) is 4.84 Å². The Bertz CT molecular complexity index is 512. The topological polar surface area (TPSA) is 72.7 Å². The summed E-state index contributed by atoms with van der Waals surface area (Å²) in [5.74, 6) is -1.43. The lowest BCUT2D eigenvalue weighted by Crippen LogP contribution is -2.27. The van der Waals surface area contributed by atoms with Crippen molar-refractivity contribution in [3.8, 4) is 0 Å². The molecule has 1 heterocycles. The Morgan fingerprint density at radius 2 is 2.28 bits per heavy atom. The molecule has 1 amide bonds. The first-order valence-electron chi connectivity index (χ1n) is 5.40. The first-order valence-corrected chi connectivity index (χ1v) is 5.40. The maximum atomic E-state index is 13.3. The Hall–Kier alpha value is -2.02. The fraction of sp³-hybridized carbons (Fsp3) is 0.364. The fourth-order valence-electron chi connectivity index (χ4n) is 1.77. The van der Waals surface area contributed by atoms with Gasteiger partial charge in [-0.25, -0.2) is 5.06 Å². The second kappa shape index (κ2) is 4.69. The number of hydrogen-bond acceptors (Lipinski definition) is 4. The minimum atomic E-state index is -0.948. The van der Waals surface area contributed by atoms with Crippen molar-refractivity contribution in [1.29, 1.82) is 0 Å². The molecule has 96 valence electrons. The SMILES string of the molecule is Cc1cc(F)c([N+](=O)[O-])cc1C(=O)N1CCCO1. The number of nitrogens with zero attached hydrogens (tertiary/aromatic N) is 2. The molecule has 0 aliphatic carbocycles. The molecular weight excluding hydrogens is 243 g/mol. The maximum Gasteiger partial charge on any atom is 0.305 e. The van der Waals surface area contributed by atoms with Crippen LogP contribution in [0.1, 0.15) is 22.3 Å². The lowest BCUT2D eigenvalue weighted by Gasteiger charge is -2.15. The van der Waals surface area contributed by atoms with Crippen LogP contribution in [0.2, 0.25) is 0 Å². The van der Waals surface area contributed by atoms with Crippen LogP contribution < -0.4 is 0 Å². The van der Waals surface area contributed by atoms with Crippen LogP contribution in [0.5, 0.6) is 0 Å². The van der Waals surface area contributed by atoms with Crippen LogP contribution in [0.4, 0.5) is 10.1 Å². The van der Waals surface area contributed by atoms with Gasteiger partial charge >= 0.3 is 5.69 Å². The highest BCUT2D eigenvalue weighted by molar-refractivity contribution is 5.95. The Kier molecular flexibility index (Phi) is 3.24. The van der Waals surface area contributed by atoms with Crippen LogP contribution in [0, 0.1) is 22.9 Å². The molecule has 18 heavy (non-hydrogen) atoms. The zero-order valence-corrected chi connectivity index (χ0v) is 9.68. The standard InChI is InChI=1S/C11H11FN2O4/c1-7-5-9(12)10(14(16)17)6-8(7)11(15)13-3-2-4-18-13/h5-6H,2-4H2,1H3. The summed E-state index contributed by atoms with van der Waals surface area (Å²) >= 11 is 0. The van der Waals surface area contributed by atoms with Crippen LogP contribution >= 0.6 is 0 Å². The summed E-state index contributed by atoms with van der Waals surface area (Å²) in [6.07, 6.45) is 0.716. The quantitative estimate of drug-likeness (QED) is 0.596. The smallest absolute Gasteiger partial charge is 0.271 e. The molecule has 7 heteroatoms. The second-order valence-corrected chi connectivity index (χ2v) is 3.97. The summed E-state index contributed by atoms with van der Waals surface area (Å²) in [4.78, 5) is 26.9. The van der Waals surface area contributed by atoms with Crippen LogP contribution in [0.15, 0.2) is 12.1 Å². The zero-order valence-electron chi connectivity index (χ0n) is 9.68. The number of amides is 1. The molecular formula is C11H11FN2O4. The van der Waals surface area contributed by atoms with Crippen molar-refractivity contribution >= 4 is 11.6 Å². The average molecular weight is 254 g/mol. The van der Waals surface area contributed by atoms with Gasteiger partial charge in [0.05, 0.1) is 23.6 Å². The number of hydrogen-bond donors (Lipinski definition) is 0. The van der Waals surface area contributed by atoms with Gasteiger partial charge in [0.2, 0.25) is 5.82 Å². The van der Waals surface area contributed by atoms with E-state index in [0.717, 1.165) is 17.2 Å². The molecule has 0 aromatic heterocycles. The molecule has 1 fully saturated rings. The van der Waals surface area contributed by atoms with Gasteiger partial charge in [0.15, 0.2) is 0 Å². The van der Waals surface area contributed by atoms with Gasteiger partial charge in [-0.05, 0) is 25.0 Å². The minimum Gasteiger partial charge on any atom is -0.271 e. The van der Waals surface area contributed by atoms with Gasteiger partial charge in [-0.2, -0.15) is 4.39 Å². The molecule has 0 radical (unpaired) electrons. The van der Waals surface area contributed by atoms with Crippen molar-refractivity contribution in [1.82, 2.24) is 5.06 Å². The first-order chi connectivity index (χ1) is 8.50. The summed E-state index contributed by atoms with van der Waals surface area (Å²) in [5.41, 5.74) is -0.272. The number of carbonyl (C=O) groups is 1. The number of nitro benzene ring substituents is 1. The molecule has 1 aliphatic rings. The van der Waals surface area contributed by atoms with E-state index >= 15 is 0 Å². The van der Waals surface area contributed by atoms with E-state index in [2.05, 4.69) is 0 Å². The van der Waals surface area contributed by atoms with Gasteiger partial charge < -0.3 is 0 Å². The fourth-order valence-corrected chi connectivity index (χ4v) is 1.77. The largest absolute Gasteiger partial charge is 0.305 e. The third-order valence-electron chi connectivity index (χ3n) is 2.70. The Labute approximate surface area is 102 Å². The van der Waals surface area contributed by atoms with Crippen molar-refractivity contribution in [3.63, 3.8) is 0 Å². The van der Waals surface area contributed by atoms with Crippen LogP contribution in [-0.4, -0.2) is 29.0 Å². The number of aryl methyl sites for hydroxylation is 1. The third kappa shape index (κ3) is 2.17. The predicted octanol–water partition coefficient (Wildman–Crippen LogP) is 1.82. The van der Waals surface area contributed by atoms with Crippen molar-refractivity contribution in [3.05, 3.63) is 39.2 Å². The average Bonchev–Trinajstić information content (AvgIpc) is 2.81. The number of carbonyl (C=O) groups excluding carboxylic acids is 1. The number of hydroxylamine groups is 2. The van der Waals surface area contributed by atoms with Gasteiger partial charge in [-0.1, -0.05) is 0 Å². The highest BCUT2D eigenvalue weighted by atomic mass is 19.1. The van der Waals surface area contributed by atoms with E-state index in [1.165, 1.54) is 6.92 Å². The highest BCUT2D eigenvalue weighted by Gasteiger charge is 2.26. The molecule has 1 aromatic rings. The van der Waals surface area contributed by atoms with E-state index in [1.54, 1.807) is 0 Å². The molecule has 0 bridgehead atoms. The van der Waals surface area contributed by atoms with E-state index < -0.39 is 22.3 Å². The van der Waals surface area contributed by atoms with E-state index in [1.807, 2.05) is 0 Å². The molecule has 0 atom stereocenters. The monoisotopic (exact) mass is 254 g/mol. The molecule has 0 N–H and O–H groups in total. The highest BCUT2D eigenvalue weighted by Crippen LogP contribution is 2.24. The lowest BCUT2D eigenvalue weighted by atomic mass is 10.1. The van der Waals surface area contributed by atoms with E-state index in [-0.39, 0.29) is 5.56 Å². The molecule has 0 saturated carbocycles. The van der Waals surface area contributed by atoms with Crippen LogP contribution in [0.3, 0.4) is 0 Å². The summed E-state index contributed by atoms with van der Waals surface area (Å²) in [6.45, 7) is 2.40. The van der Waals surface area contributed by atoms with Crippen molar-refractivity contribution in [2.45, 2.75) is 13.3 Å². The van der Waals surface area contributed by atoms with Gasteiger partial charge in [0, 0.05) is 6.07 Å². The molecule has 6 nitrogen and oxygen atoms in total. The normalized spacial score (nSPS) is 14.9. The number of nitro groups is 1. The number of rotatable bonds is 2. The Morgan fingerprint density at radius 1 is 1.56 bits per heavy atom. The second-order valence-electron chi connectivity index (χ2n) is 3.97. The van der Waals surface area contributed by atoms with Gasteiger partial charge in [-0.3, -0.25) is 19.7 Å². The predicted molar refractivity (Wildman–Crippen MR) is 59.4 cm³/mol. The van der Waals surface area contributed by atoms with E-state index in [4.69, 9.17) is 4.84 Å². The van der Waals surface area contributed by atoms with Gasteiger partial charge in [0.25, 0.3) is 5.91 Å². The van der Waals surface area contributed by atoms with Crippen molar-refractivity contribution in [2.24, 2.45) is 0 Å². The van der Waals surface area contributed by atoms with Crippen molar-refractivity contribution < 1.29 is 18.9 Å². The molecule has 0 spiro atoms. The summed E-state index contributed by atoms with van der Waals surface area (Å²) in [6, 6.07) is 1.94. The molecule has 1 aliphatic heterocycles. The maximum absolute atomic E-state index is 13.3.